The van der Waals surface area contributed by atoms with Gasteiger partial charge in [-0.3, -0.25) is 5.10 Å². The zero-order chi connectivity index (χ0) is 16.5. The lowest BCUT2D eigenvalue weighted by Crippen LogP contribution is -1.95. The van der Waals surface area contributed by atoms with Crippen LogP contribution in [-0.4, -0.2) is 15.3 Å². The Morgan fingerprint density at radius 3 is 2.92 bits per heavy atom. The van der Waals surface area contributed by atoms with E-state index in [-0.39, 0.29) is 5.75 Å². The molecule has 0 aliphatic carbocycles. The number of aromatic nitrogens is 2. The van der Waals surface area contributed by atoms with Gasteiger partial charge >= 0.3 is 0 Å². The maximum Gasteiger partial charge on any atom is 0.152 e. The van der Waals surface area contributed by atoms with Crippen LogP contribution in [0.15, 0.2) is 53.9 Å². The minimum absolute atomic E-state index is 0.282. The van der Waals surface area contributed by atoms with Crippen LogP contribution in [0.2, 0.25) is 0 Å². The van der Waals surface area contributed by atoms with E-state index >= 15 is 0 Å². The fraction of sp³-hybridized carbons (Fsp3) is 0.105. The second-order valence-corrected chi connectivity index (χ2v) is 6.54. The first kappa shape index (κ1) is 14.8. The smallest absolute Gasteiger partial charge is 0.152 e. The predicted octanol–water partition coefficient (Wildman–Crippen LogP) is 5.30. The van der Waals surface area contributed by atoms with Crippen molar-refractivity contribution in [2.24, 2.45) is 0 Å². The van der Waals surface area contributed by atoms with Gasteiger partial charge in [-0.25, -0.2) is 0 Å². The van der Waals surface area contributed by atoms with Gasteiger partial charge in [-0.1, -0.05) is 25.1 Å². The number of rotatable bonds is 4. The van der Waals surface area contributed by atoms with Gasteiger partial charge in [0.15, 0.2) is 5.82 Å². The molecule has 4 nitrogen and oxygen atoms in total. The second-order valence-electron chi connectivity index (χ2n) is 5.63. The summed E-state index contributed by atoms with van der Waals surface area (Å²) in [5, 5.41) is 23.8. The summed E-state index contributed by atoms with van der Waals surface area (Å²) in [7, 11) is 0. The number of thiophene rings is 1. The summed E-state index contributed by atoms with van der Waals surface area (Å²) in [4.78, 5) is 0. The molecule has 0 saturated carbocycles. The predicted molar refractivity (Wildman–Crippen MR) is 100 cm³/mol. The van der Waals surface area contributed by atoms with Gasteiger partial charge in [0, 0.05) is 32.8 Å². The highest BCUT2D eigenvalue weighted by Crippen LogP contribution is 2.34. The molecule has 0 fully saturated rings. The second kappa shape index (κ2) is 6.02. The minimum Gasteiger partial charge on any atom is -0.508 e. The molecule has 0 aliphatic heterocycles. The molecule has 2 aromatic heterocycles. The Balaban J connectivity index is 1.66. The van der Waals surface area contributed by atoms with Crippen LogP contribution in [0.3, 0.4) is 0 Å². The molecule has 0 bridgehead atoms. The molecule has 120 valence electrons. The van der Waals surface area contributed by atoms with Crippen LogP contribution in [0.1, 0.15) is 12.5 Å². The van der Waals surface area contributed by atoms with E-state index in [9.17, 15) is 5.11 Å². The highest BCUT2D eigenvalue weighted by molar-refractivity contribution is 7.17. The molecule has 4 rings (SSSR count). The molecule has 0 amide bonds. The van der Waals surface area contributed by atoms with Crippen molar-refractivity contribution < 1.29 is 5.11 Å². The van der Waals surface area contributed by atoms with Gasteiger partial charge in [0.2, 0.25) is 0 Å². The Labute approximate surface area is 143 Å². The summed E-state index contributed by atoms with van der Waals surface area (Å²) < 4.78 is 1.27. The quantitative estimate of drug-likeness (QED) is 0.443. The van der Waals surface area contributed by atoms with Crippen LogP contribution in [0, 0.1) is 0 Å². The number of anilines is 2. The van der Waals surface area contributed by atoms with Gasteiger partial charge in [-0.15, -0.1) is 11.3 Å². The first-order valence-electron chi connectivity index (χ1n) is 7.85. The molecular formula is C19H17N3OS. The number of aromatic hydroxyl groups is 1. The average molecular weight is 335 g/mol. The van der Waals surface area contributed by atoms with Crippen molar-refractivity contribution in [2.45, 2.75) is 13.3 Å². The largest absolute Gasteiger partial charge is 0.508 e. The Bertz CT molecular complexity index is 1000. The van der Waals surface area contributed by atoms with Crippen LogP contribution in [0.4, 0.5) is 11.5 Å². The van der Waals surface area contributed by atoms with Crippen LogP contribution < -0.4 is 5.32 Å². The SMILES string of the molecule is CCc1cc(O)ccc1Nc1cc(-c2csc3ccccc23)[nH]n1. The number of hydrogen-bond acceptors (Lipinski definition) is 4. The molecule has 3 N–H and O–H groups in total. The number of benzene rings is 2. The monoisotopic (exact) mass is 335 g/mol. The highest BCUT2D eigenvalue weighted by Gasteiger charge is 2.10. The number of nitrogens with zero attached hydrogens (tertiary/aromatic N) is 1. The summed E-state index contributed by atoms with van der Waals surface area (Å²) in [6, 6.07) is 15.7. The molecule has 2 heterocycles. The van der Waals surface area contributed by atoms with Crippen molar-refractivity contribution in [3.05, 3.63) is 59.5 Å². The van der Waals surface area contributed by atoms with Gasteiger partial charge in [-0.05, 0) is 36.2 Å². The topological polar surface area (TPSA) is 60.9 Å². The molecule has 5 heteroatoms. The van der Waals surface area contributed by atoms with E-state index < -0.39 is 0 Å². The Morgan fingerprint density at radius 2 is 2.04 bits per heavy atom. The molecule has 0 radical (unpaired) electrons. The summed E-state index contributed by atoms with van der Waals surface area (Å²) in [5.74, 6) is 1.05. The van der Waals surface area contributed by atoms with Gasteiger partial charge < -0.3 is 10.4 Å². The summed E-state index contributed by atoms with van der Waals surface area (Å²) >= 11 is 1.73. The Kier molecular flexibility index (Phi) is 3.70. The van der Waals surface area contributed by atoms with E-state index in [2.05, 4.69) is 52.1 Å². The first-order valence-corrected chi connectivity index (χ1v) is 8.73. The number of phenols is 1. The molecule has 0 spiro atoms. The number of phenolic OH excluding ortho intramolecular Hbond substituents is 1. The van der Waals surface area contributed by atoms with E-state index in [4.69, 9.17) is 0 Å². The standard InChI is InChI=1S/C19H17N3OS/c1-2-12-9-13(23)7-8-16(12)20-19-10-17(21-22-19)15-11-24-18-6-4-3-5-14(15)18/h3-11,23H,2H2,1H3,(H2,20,21,22). The highest BCUT2D eigenvalue weighted by atomic mass is 32.1. The zero-order valence-electron chi connectivity index (χ0n) is 13.2. The third kappa shape index (κ3) is 2.63. The average Bonchev–Trinajstić information content (AvgIpc) is 3.23. The number of H-pyrrole nitrogens is 1. The van der Waals surface area contributed by atoms with Crippen molar-refractivity contribution in [3.63, 3.8) is 0 Å². The maximum atomic E-state index is 9.62. The van der Waals surface area contributed by atoms with Crippen molar-refractivity contribution in [1.29, 1.82) is 0 Å². The molecule has 4 aromatic rings. The van der Waals surface area contributed by atoms with Crippen molar-refractivity contribution in [3.8, 4) is 17.0 Å². The molecule has 0 atom stereocenters. The number of aromatic amines is 1. The van der Waals surface area contributed by atoms with Gasteiger partial charge in [0.25, 0.3) is 0 Å². The lowest BCUT2D eigenvalue weighted by molar-refractivity contribution is 0.474. The van der Waals surface area contributed by atoms with Crippen molar-refractivity contribution in [2.75, 3.05) is 5.32 Å². The van der Waals surface area contributed by atoms with Gasteiger partial charge in [-0.2, -0.15) is 5.10 Å². The van der Waals surface area contributed by atoms with E-state index in [1.807, 2.05) is 12.1 Å². The van der Waals surface area contributed by atoms with Crippen LogP contribution in [0.25, 0.3) is 21.3 Å². The third-order valence-corrected chi connectivity index (χ3v) is 5.04. The number of aryl methyl sites for hydroxylation is 1. The summed E-state index contributed by atoms with van der Waals surface area (Å²) in [6.45, 7) is 2.06. The summed E-state index contributed by atoms with van der Waals surface area (Å²) in [5.41, 5.74) is 4.17. The van der Waals surface area contributed by atoms with Gasteiger partial charge in [0.05, 0.1) is 5.69 Å². The molecular weight excluding hydrogens is 318 g/mol. The van der Waals surface area contributed by atoms with Crippen molar-refractivity contribution in [1.82, 2.24) is 10.2 Å². The van der Waals surface area contributed by atoms with E-state index in [0.717, 1.165) is 34.7 Å². The zero-order valence-corrected chi connectivity index (χ0v) is 14.0. The van der Waals surface area contributed by atoms with E-state index in [0.29, 0.717) is 0 Å². The molecule has 24 heavy (non-hydrogen) atoms. The Hall–Kier alpha value is -2.79. The first-order chi connectivity index (χ1) is 11.7. The van der Waals surface area contributed by atoms with E-state index in [1.54, 1.807) is 23.5 Å². The molecule has 2 aromatic carbocycles. The fourth-order valence-electron chi connectivity index (χ4n) is 2.84. The van der Waals surface area contributed by atoms with Gasteiger partial charge in [0.1, 0.15) is 5.75 Å². The summed E-state index contributed by atoms with van der Waals surface area (Å²) in [6.07, 6.45) is 0.836. The molecule has 0 aliphatic rings. The normalized spacial score (nSPS) is 11.0. The Morgan fingerprint density at radius 1 is 1.17 bits per heavy atom. The van der Waals surface area contributed by atoms with Crippen LogP contribution >= 0.6 is 11.3 Å². The number of nitrogens with one attached hydrogen (secondary N) is 2. The third-order valence-electron chi connectivity index (χ3n) is 4.08. The van der Waals surface area contributed by atoms with E-state index in [1.165, 1.54) is 10.1 Å². The maximum absolute atomic E-state index is 9.62. The molecule has 0 saturated heterocycles. The van der Waals surface area contributed by atoms with Crippen LogP contribution in [0.5, 0.6) is 5.75 Å². The lowest BCUT2D eigenvalue weighted by Gasteiger charge is -2.08. The minimum atomic E-state index is 0.282. The fourth-order valence-corrected chi connectivity index (χ4v) is 3.80. The van der Waals surface area contributed by atoms with Crippen molar-refractivity contribution >= 4 is 32.9 Å². The van der Waals surface area contributed by atoms with Crippen LogP contribution in [-0.2, 0) is 6.42 Å². The number of fused-ring (bicyclic) bond motifs is 1. The lowest BCUT2D eigenvalue weighted by atomic mass is 10.1. The number of hydrogen-bond donors (Lipinski definition) is 3. The molecule has 0 unspecified atom stereocenters.